The van der Waals surface area contributed by atoms with Gasteiger partial charge in [0.05, 0.1) is 0 Å². The smallest absolute Gasteiger partial charge is 0.164 e. The minimum atomic E-state index is -0.850. The van der Waals surface area contributed by atoms with E-state index in [0.29, 0.717) is 6.42 Å². The van der Waals surface area contributed by atoms with E-state index in [1.54, 1.807) is 19.9 Å². The van der Waals surface area contributed by atoms with Crippen molar-refractivity contribution < 1.29 is 9.90 Å². The van der Waals surface area contributed by atoms with Gasteiger partial charge in [0.1, 0.15) is 6.10 Å². The maximum absolute atomic E-state index is 10.9. The molecule has 58 valence electrons. The maximum Gasteiger partial charge on any atom is 0.164 e. The first kappa shape index (κ1) is 9.37. The molecule has 1 N–H and O–H groups in total. The fraction of sp³-hybridized carbons (Fsp3) is 0.625. The number of carbonyl (C=O) groups excluding carboxylic acids is 1. The Bertz CT molecular complexity index is 127. The van der Waals surface area contributed by atoms with Crippen molar-refractivity contribution in [3.63, 3.8) is 0 Å². The Balaban J connectivity index is 3.81. The molecule has 0 aromatic carbocycles. The fourth-order valence-electron chi connectivity index (χ4n) is 0.659. The molecule has 0 heterocycles. The predicted octanol–water partition coefficient (Wildman–Crippen LogP) is 1.15. The first-order valence-electron chi connectivity index (χ1n) is 3.42. The maximum atomic E-state index is 10.9. The zero-order chi connectivity index (χ0) is 8.15. The second-order valence-corrected chi connectivity index (χ2v) is 2.60. The minimum absolute atomic E-state index is 0.0880. The van der Waals surface area contributed by atoms with E-state index in [4.69, 9.17) is 5.11 Å². The van der Waals surface area contributed by atoms with Crippen molar-refractivity contribution in [3.8, 4) is 0 Å². The molecule has 0 aliphatic rings. The van der Waals surface area contributed by atoms with Gasteiger partial charge in [-0.05, 0) is 6.42 Å². The summed E-state index contributed by atoms with van der Waals surface area (Å²) < 4.78 is 0. The molecular formula is C8H14O2. The highest BCUT2D eigenvalue weighted by Crippen LogP contribution is 2.02. The van der Waals surface area contributed by atoms with Gasteiger partial charge in [0.2, 0.25) is 0 Å². The number of hydrogen-bond acceptors (Lipinski definition) is 2. The van der Waals surface area contributed by atoms with Crippen molar-refractivity contribution in [2.24, 2.45) is 5.92 Å². The average Bonchev–Trinajstić information content (AvgIpc) is 1.87. The van der Waals surface area contributed by atoms with Crippen molar-refractivity contribution in [3.05, 3.63) is 12.7 Å². The largest absolute Gasteiger partial charge is 0.385 e. The van der Waals surface area contributed by atoms with Gasteiger partial charge >= 0.3 is 0 Å². The lowest BCUT2D eigenvalue weighted by Crippen LogP contribution is -2.24. The highest BCUT2D eigenvalue weighted by atomic mass is 16.3. The molecule has 0 spiro atoms. The van der Waals surface area contributed by atoms with Crippen LogP contribution in [0.15, 0.2) is 12.7 Å². The molecule has 0 aliphatic heterocycles. The van der Waals surface area contributed by atoms with E-state index < -0.39 is 6.10 Å². The molecule has 0 saturated heterocycles. The topological polar surface area (TPSA) is 37.3 Å². The van der Waals surface area contributed by atoms with Crippen molar-refractivity contribution >= 4 is 5.78 Å². The Labute approximate surface area is 61.6 Å². The number of hydrogen-bond donors (Lipinski definition) is 1. The van der Waals surface area contributed by atoms with E-state index >= 15 is 0 Å². The summed E-state index contributed by atoms with van der Waals surface area (Å²) in [5, 5.41) is 9.07. The van der Waals surface area contributed by atoms with E-state index in [2.05, 4.69) is 6.58 Å². The summed E-state index contributed by atoms with van der Waals surface area (Å²) in [7, 11) is 0. The third-order valence-corrected chi connectivity index (χ3v) is 1.29. The monoisotopic (exact) mass is 142 g/mol. The van der Waals surface area contributed by atoms with Gasteiger partial charge < -0.3 is 5.11 Å². The quantitative estimate of drug-likeness (QED) is 0.598. The first-order chi connectivity index (χ1) is 4.59. The summed E-state index contributed by atoms with van der Waals surface area (Å²) in [6.07, 6.45) is 1.06. The molecule has 10 heavy (non-hydrogen) atoms. The Morgan fingerprint density at radius 3 is 2.50 bits per heavy atom. The molecule has 0 amide bonds. The summed E-state index contributed by atoms with van der Waals surface area (Å²) in [6, 6.07) is 0. The number of carbonyl (C=O) groups is 1. The second-order valence-electron chi connectivity index (χ2n) is 2.60. The van der Waals surface area contributed by atoms with Gasteiger partial charge in [0.25, 0.3) is 0 Å². The summed E-state index contributed by atoms with van der Waals surface area (Å²) in [5.74, 6) is -0.199. The number of Topliss-reactive ketones (excluding diaryl/α,β-unsaturated/α-hetero) is 1. The number of rotatable bonds is 4. The number of ketones is 1. The van der Waals surface area contributed by atoms with Crippen LogP contribution in [-0.4, -0.2) is 17.0 Å². The Morgan fingerprint density at radius 1 is 1.70 bits per heavy atom. The van der Waals surface area contributed by atoms with Gasteiger partial charge in [0, 0.05) is 5.92 Å². The van der Waals surface area contributed by atoms with Crippen LogP contribution in [0.25, 0.3) is 0 Å². The zero-order valence-electron chi connectivity index (χ0n) is 6.50. The van der Waals surface area contributed by atoms with Crippen LogP contribution in [0.2, 0.25) is 0 Å². The number of aliphatic hydroxyl groups is 1. The van der Waals surface area contributed by atoms with Crippen LogP contribution in [-0.2, 0) is 4.79 Å². The summed E-state index contributed by atoms with van der Waals surface area (Å²) in [5.41, 5.74) is 0. The van der Waals surface area contributed by atoms with Crippen molar-refractivity contribution in [2.75, 3.05) is 0 Å². The second kappa shape index (κ2) is 4.23. The molecule has 0 fully saturated rings. The standard InChI is InChI=1S/C8H14O2/c1-4-5-7(9)8(10)6(2)3/h4,6-7,9H,1,5H2,2-3H3/t7-/m1/s1. The van der Waals surface area contributed by atoms with E-state index in [1.807, 2.05) is 0 Å². The van der Waals surface area contributed by atoms with E-state index in [1.165, 1.54) is 0 Å². The lowest BCUT2D eigenvalue weighted by atomic mass is 10.0. The normalized spacial score (nSPS) is 13.2. The van der Waals surface area contributed by atoms with Crippen LogP contribution in [0, 0.1) is 5.92 Å². The summed E-state index contributed by atoms with van der Waals surface area (Å²) in [4.78, 5) is 10.9. The van der Waals surface area contributed by atoms with Crippen LogP contribution in [0.4, 0.5) is 0 Å². The highest BCUT2D eigenvalue weighted by Gasteiger charge is 2.15. The molecule has 0 bridgehead atoms. The molecule has 1 atom stereocenters. The molecule has 0 rings (SSSR count). The SMILES string of the molecule is C=CC[C@@H](O)C(=O)C(C)C. The lowest BCUT2D eigenvalue weighted by molar-refractivity contribution is -0.129. The van der Waals surface area contributed by atoms with Crippen LogP contribution in [0.1, 0.15) is 20.3 Å². The van der Waals surface area contributed by atoms with Gasteiger partial charge in [0.15, 0.2) is 5.78 Å². The molecule has 2 nitrogen and oxygen atoms in total. The van der Waals surface area contributed by atoms with E-state index in [0.717, 1.165) is 0 Å². The number of aliphatic hydroxyl groups excluding tert-OH is 1. The molecule has 0 radical (unpaired) electrons. The Hall–Kier alpha value is -0.630. The molecule has 0 aromatic heterocycles. The van der Waals surface area contributed by atoms with Crippen LogP contribution < -0.4 is 0 Å². The molecule has 0 unspecified atom stereocenters. The molecule has 2 heteroatoms. The predicted molar refractivity (Wildman–Crippen MR) is 40.7 cm³/mol. The Morgan fingerprint density at radius 2 is 2.20 bits per heavy atom. The summed E-state index contributed by atoms with van der Waals surface area (Å²) in [6.45, 7) is 6.98. The fourth-order valence-corrected chi connectivity index (χ4v) is 0.659. The molecule has 0 aromatic rings. The van der Waals surface area contributed by atoms with Gasteiger partial charge in [-0.2, -0.15) is 0 Å². The third-order valence-electron chi connectivity index (χ3n) is 1.29. The third kappa shape index (κ3) is 2.78. The zero-order valence-corrected chi connectivity index (χ0v) is 6.50. The van der Waals surface area contributed by atoms with E-state index in [9.17, 15) is 4.79 Å². The molecule has 0 saturated carbocycles. The van der Waals surface area contributed by atoms with Gasteiger partial charge in [-0.25, -0.2) is 0 Å². The van der Waals surface area contributed by atoms with Crippen LogP contribution >= 0.6 is 0 Å². The Kier molecular flexibility index (Phi) is 3.96. The van der Waals surface area contributed by atoms with Crippen LogP contribution in [0.3, 0.4) is 0 Å². The lowest BCUT2D eigenvalue weighted by Gasteiger charge is -2.08. The van der Waals surface area contributed by atoms with Crippen molar-refractivity contribution in [1.29, 1.82) is 0 Å². The van der Waals surface area contributed by atoms with Crippen molar-refractivity contribution in [1.82, 2.24) is 0 Å². The summed E-state index contributed by atoms with van der Waals surface area (Å²) >= 11 is 0. The minimum Gasteiger partial charge on any atom is -0.385 e. The van der Waals surface area contributed by atoms with Gasteiger partial charge in [-0.1, -0.05) is 19.9 Å². The van der Waals surface area contributed by atoms with Crippen molar-refractivity contribution in [2.45, 2.75) is 26.4 Å². The highest BCUT2D eigenvalue weighted by molar-refractivity contribution is 5.84. The average molecular weight is 142 g/mol. The molecule has 0 aliphatic carbocycles. The molecular weight excluding hydrogens is 128 g/mol. The van der Waals surface area contributed by atoms with Gasteiger partial charge in [-0.15, -0.1) is 6.58 Å². The van der Waals surface area contributed by atoms with E-state index in [-0.39, 0.29) is 11.7 Å². The van der Waals surface area contributed by atoms with Crippen LogP contribution in [0.5, 0.6) is 0 Å². The van der Waals surface area contributed by atoms with Gasteiger partial charge in [-0.3, -0.25) is 4.79 Å². The first-order valence-corrected chi connectivity index (χ1v) is 3.42.